The van der Waals surface area contributed by atoms with Gasteiger partial charge in [-0.2, -0.15) is 0 Å². The van der Waals surface area contributed by atoms with Gasteiger partial charge in [-0.1, -0.05) is 11.6 Å². The molecule has 0 fully saturated rings. The molecular weight excluding hydrogens is 386 g/mol. The highest BCUT2D eigenvalue weighted by Crippen LogP contribution is 2.23. The van der Waals surface area contributed by atoms with E-state index >= 15 is 0 Å². The maximum absolute atomic E-state index is 11.5. The van der Waals surface area contributed by atoms with Crippen molar-refractivity contribution in [2.45, 2.75) is 12.5 Å². The van der Waals surface area contributed by atoms with Gasteiger partial charge in [0.05, 0.1) is 10.7 Å². The summed E-state index contributed by atoms with van der Waals surface area (Å²) in [7, 11) is 0. The molecule has 0 aliphatic rings. The lowest BCUT2D eigenvalue weighted by atomic mass is 10.2. The van der Waals surface area contributed by atoms with Crippen molar-refractivity contribution in [3.8, 4) is 0 Å². The maximum atomic E-state index is 11.5. The number of aliphatic hydroxyl groups excluding tert-OH is 1. The Balaban J connectivity index is 2.41. The Morgan fingerprint density at radius 3 is 2.68 bits per heavy atom. The van der Waals surface area contributed by atoms with Crippen LogP contribution in [0.1, 0.15) is 6.42 Å². The third kappa shape index (κ3) is 5.62. The number of carbonyl (C=O) groups excluding carboxylic acids is 1. The molecule has 0 unspecified atom stereocenters. The highest BCUT2D eigenvalue weighted by molar-refractivity contribution is 14.1. The van der Waals surface area contributed by atoms with Crippen molar-refractivity contribution < 1.29 is 19.8 Å². The molecule has 0 saturated carbocycles. The Hall–Kier alpha value is -1.06. The molecule has 4 N–H and O–H groups in total. The Morgan fingerprint density at radius 1 is 1.42 bits per heavy atom. The van der Waals surface area contributed by atoms with E-state index < -0.39 is 18.1 Å². The second kappa shape index (κ2) is 7.51. The molecule has 2 amide bonds. The van der Waals surface area contributed by atoms with Gasteiger partial charge in [0, 0.05) is 16.5 Å². The van der Waals surface area contributed by atoms with Crippen LogP contribution in [0, 0.1) is 3.57 Å². The van der Waals surface area contributed by atoms with Crippen LogP contribution in [-0.4, -0.2) is 34.9 Å². The summed E-state index contributed by atoms with van der Waals surface area (Å²) >= 11 is 8.03. The van der Waals surface area contributed by atoms with Crippen LogP contribution in [-0.2, 0) is 4.79 Å². The van der Waals surface area contributed by atoms with E-state index in [1.54, 1.807) is 18.2 Å². The van der Waals surface area contributed by atoms with Gasteiger partial charge < -0.3 is 20.8 Å². The highest BCUT2D eigenvalue weighted by atomic mass is 127. The fourth-order valence-corrected chi connectivity index (χ4v) is 2.11. The van der Waals surface area contributed by atoms with Gasteiger partial charge in [0.15, 0.2) is 6.10 Å². The minimum atomic E-state index is -1.48. The van der Waals surface area contributed by atoms with E-state index in [-0.39, 0.29) is 13.0 Å². The van der Waals surface area contributed by atoms with E-state index in [1.807, 2.05) is 0 Å². The summed E-state index contributed by atoms with van der Waals surface area (Å²) in [6.07, 6.45) is -1.55. The zero-order chi connectivity index (χ0) is 14.4. The number of hydrogen-bond acceptors (Lipinski definition) is 3. The van der Waals surface area contributed by atoms with E-state index in [4.69, 9.17) is 21.8 Å². The summed E-state index contributed by atoms with van der Waals surface area (Å²) in [5.74, 6) is -1.32. The van der Waals surface area contributed by atoms with Gasteiger partial charge in [-0.15, -0.1) is 0 Å². The number of aliphatic carboxylic acids is 1. The van der Waals surface area contributed by atoms with Crippen molar-refractivity contribution in [1.29, 1.82) is 0 Å². The third-order valence-corrected chi connectivity index (χ3v) is 3.15. The first-order valence-corrected chi connectivity index (χ1v) is 6.76. The van der Waals surface area contributed by atoms with E-state index in [9.17, 15) is 9.59 Å². The van der Waals surface area contributed by atoms with Crippen molar-refractivity contribution in [1.82, 2.24) is 5.32 Å². The molecule has 0 spiro atoms. The lowest BCUT2D eigenvalue weighted by molar-refractivity contribution is -0.146. The smallest absolute Gasteiger partial charge is 0.332 e. The normalized spacial score (nSPS) is 11.7. The van der Waals surface area contributed by atoms with Gasteiger partial charge in [0.25, 0.3) is 0 Å². The number of nitrogens with one attached hydrogen (secondary N) is 2. The van der Waals surface area contributed by atoms with Crippen LogP contribution in [0.4, 0.5) is 10.5 Å². The summed E-state index contributed by atoms with van der Waals surface area (Å²) < 4.78 is 0.943. The van der Waals surface area contributed by atoms with Gasteiger partial charge in [-0.25, -0.2) is 9.59 Å². The Labute approximate surface area is 128 Å². The van der Waals surface area contributed by atoms with Crippen molar-refractivity contribution in [2.24, 2.45) is 0 Å². The molecule has 19 heavy (non-hydrogen) atoms. The average Bonchev–Trinajstić information content (AvgIpc) is 2.32. The lowest BCUT2D eigenvalue weighted by Crippen LogP contribution is -2.33. The first kappa shape index (κ1) is 16.0. The second-order valence-corrected chi connectivity index (χ2v) is 5.30. The topological polar surface area (TPSA) is 98.7 Å². The van der Waals surface area contributed by atoms with E-state index in [1.165, 1.54) is 0 Å². The van der Waals surface area contributed by atoms with Crippen molar-refractivity contribution in [2.75, 3.05) is 11.9 Å². The monoisotopic (exact) mass is 398 g/mol. The molecule has 0 saturated heterocycles. The molecule has 8 heteroatoms. The predicted octanol–water partition coefficient (Wildman–Crippen LogP) is 1.90. The molecule has 0 bridgehead atoms. The van der Waals surface area contributed by atoms with Crippen molar-refractivity contribution in [3.05, 3.63) is 26.8 Å². The molecule has 0 aliphatic heterocycles. The van der Waals surface area contributed by atoms with Crippen LogP contribution in [0.3, 0.4) is 0 Å². The molecule has 0 aliphatic carbocycles. The van der Waals surface area contributed by atoms with Gasteiger partial charge in [0.2, 0.25) is 0 Å². The van der Waals surface area contributed by atoms with Crippen LogP contribution in [0.25, 0.3) is 0 Å². The van der Waals surface area contributed by atoms with E-state index in [0.717, 1.165) is 3.57 Å². The molecule has 104 valence electrons. The number of aliphatic hydroxyl groups is 1. The Bertz CT molecular complexity index is 484. The van der Waals surface area contributed by atoms with Crippen LogP contribution in [0.2, 0.25) is 5.02 Å². The zero-order valence-corrected chi connectivity index (χ0v) is 12.6. The lowest BCUT2D eigenvalue weighted by Gasteiger charge is -2.10. The first-order chi connectivity index (χ1) is 8.90. The fraction of sp³-hybridized carbons (Fsp3) is 0.273. The van der Waals surface area contributed by atoms with Gasteiger partial charge in [-0.3, -0.25) is 0 Å². The number of carbonyl (C=O) groups is 2. The summed E-state index contributed by atoms with van der Waals surface area (Å²) in [4.78, 5) is 21.8. The quantitative estimate of drug-likeness (QED) is 0.569. The minimum absolute atomic E-state index is 0.0429. The predicted molar refractivity (Wildman–Crippen MR) is 79.5 cm³/mol. The number of rotatable bonds is 5. The van der Waals surface area contributed by atoms with Gasteiger partial charge in [-0.05, 0) is 40.8 Å². The number of amides is 2. The highest BCUT2D eigenvalue weighted by Gasteiger charge is 2.13. The van der Waals surface area contributed by atoms with Gasteiger partial charge in [0.1, 0.15) is 0 Å². The van der Waals surface area contributed by atoms with Gasteiger partial charge >= 0.3 is 12.0 Å². The number of carboxylic acids is 1. The molecular formula is C11H12ClIN2O4. The van der Waals surface area contributed by atoms with Crippen molar-refractivity contribution in [3.63, 3.8) is 0 Å². The van der Waals surface area contributed by atoms with E-state index in [0.29, 0.717) is 10.7 Å². The minimum Gasteiger partial charge on any atom is -0.479 e. The number of anilines is 1. The number of halogens is 2. The molecule has 1 aromatic carbocycles. The molecule has 1 rings (SSSR count). The number of benzene rings is 1. The summed E-state index contributed by atoms with van der Waals surface area (Å²) in [5, 5.41) is 22.8. The van der Waals surface area contributed by atoms with Crippen LogP contribution in [0.5, 0.6) is 0 Å². The van der Waals surface area contributed by atoms with Crippen LogP contribution >= 0.6 is 34.2 Å². The number of urea groups is 1. The van der Waals surface area contributed by atoms with Crippen LogP contribution in [0.15, 0.2) is 18.2 Å². The SMILES string of the molecule is O=C(NCC[C@H](O)C(=O)O)Nc1ccc(I)cc1Cl. The molecule has 6 nitrogen and oxygen atoms in total. The first-order valence-electron chi connectivity index (χ1n) is 5.31. The third-order valence-electron chi connectivity index (χ3n) is 2.17. The largest absolute Gasteiger partial charge is 0.479 e. The fourth-order valence-electron chi connectivity index (χ4n) is 1.20. The zero-order valence-electron chi connectivity index (χ0n) is 9.69. The Kier molecular flexibility index (Phi) is 6.32. The number of hydrogen-bond donors (Lipinski definition) is 4. The summed E-state index contributed by atoms with van der Waals surface area (Å²) in [6, 6.07) is 4.64. The standard InChI is InChI=1S/C11H12ClIN2O4/c12-7-5-6(13)1-2-8(7)15-11(19)14-4-3-9(16)10(17)18/h1-2,5,9,16H,3-4H2,(H,17,18)(H2,14,15,19)/t9-/m0/s1. The van der Waals surface area contributed by atoms with Crippen molar-refractivity contribution >= 4 is 51.9 Å². The summed E-state index contributed by atoms with van der Waals surface area (Å²) in [6.45, 7) is 0.0429. The molecule has 1 aromatic rings. The summed E-state index contributed by atoms with van der Waals surface area (Å²) in [5.41, 5.74) is 0.457. The van der Waals surface area contributed by atoms with Crippen LogP contribution < -0.4 is 10.6 Å². The molecule has 0 aromatic heterocycles. The molecule has 1 atom stereocenters. The van der Waals surface area contributed by atoms with E-state index in [2.05, 4.69) is 33.2 Å². The molecule has 0 radical (unpaired) electrons. The maximum Gasteiger partial charge on any atom is 0.332 e. The number of carboxylic acid groups (broad SMARTS) is 1. The molecule has 0 heterocycles. The second-order valence-electron chi connectivity index (χ2n) is 3.65. The Morgan fingerprint density at radius 2 is 2.11 bits per heavy atom. The average molecular weight is 399 g/mol.